The minimum atomic E-state index is -0.476. The normalized spacial score (nSPS) is 10.7. The molecule has 0 radical (unpaired) electrons. The fourth-order valence-electron chi connectivity index (χ4n) is 2.73. The van der Waals surface area contributed by atoms with E-state index in [1.807, 2.05) is 12.1 Å². The summed E-state index contributed by atoms with van der Waals surface area (Å²) < 4.78 is 10.3. The highest BCUT2D eigenvalue weighted by Gasteiger charge is 2.22. The zero-order valence-corrected chi connectivity index (χ0v) is 15.8. The van der Waals surface area contributed by atoms with Gasteiger partial charge in [-0.3, -0.25) is 9.89 Å². The molecule has 27 heavy (non-hydrogen) atoms. The van der Waals surface area contributed by atoms with E-state index in [-0.39, 0.29) is 12.5 Å². The first kappa shape index (κ1) is 18.7. The number of ether oxygens (including phenoxy) is 1. The Morgan fingerprint density at radius 1 is 1.26 bits per heavy atom. The number of furan rings is 1. The molecule has 0 saturated carbocycles. The van der Waals surface area contributed by atoms with Crippen molar-refractivity contribution in [2.45, 2.75) is 13.5 Å². The molecule has 0 bridgehead atoms. The van der Waals surface area contributed by atoms with Gasteiger partial charge in [0.05, 0.1) is 31.1 Å². The Bertz CT molecular complexity index is 975. The number of amides is 1. The van der Waals surface area contributed by atoms with E-state index in [2.05, 4.69) is 10.2 Å². The number of methoxy groups -OCH3 is 1. The monoisotopic (exact) mass is 387 g/mol. The molecule has 2 heterocycles. The van der Waals surface area contributed by atoms with E-state index in [1.165, 1.54) is 18.2 Å². The van der Waals surface area contributed by atoms with Crippen LogP contribution in [0.3, 0.4) is 0 Å². The van der Waals surface area contributed by atoms with Crippen molar-refractivity contribution in [1.29, 1.82) is 0 Å². The lowest BCUT2D eigenvalue weighted by atomic mass is 10.1. The zero-order valence-electron chi connectivity index (χ0n) is 15.1. The first-order valence-electron chi connectivity index (χ1n) is 8.13. The number of nitrogens with zero attached hydrogens (tertiary/aromatic N) is 2. The lowest BCUT2D eigenvalue weighted by Gasteiger charge is -2.15. The molecule has 7 nitrogen and oxygen atoms in total. The van der Waals surface area contributed by atoms with Gasteiger partial charge >= 0.3 is 5.97 Å². The summed E-state index contributed by atoms with van der Waals surface area (Å²) in [6.07, 6.45) is 1.48. The molecule has 0 aliphatic heterocycles. The second-order valence-electron chi connectivity index (χ2n) is 6.00. The number of halogens is 1. The van der Waals surface area contributed by atoms with Crippen molar-refractivity contribution in [3.8, 4) is 11.3 Å². The maximum Gasteiger partial charge on any atom is 0.341 e. The average Bonchev–Trinajstić information content (AvgIpc) is 3.28. The maximum atomic E-state index is 12.9. The predicted molar refractivity (Wildman–Crippen MR) is 99.6 cm³/mol. The number of benzene rings is 1. The number of aromatic amines is 1. The summed E-state index contributed by atoms with van der Waals surface area (Å²) in [5.74, 6) is 0.224. The van der Waals surface area contributed by atoms with Crippen LogP contribution in [0.1, 0.15) is 32.2 Å². The number of esters is 1. The van der Waals surface area contributed by atoms with E-state index in [0.717, 1.165) is 5.56 Å². The van der Waals surface area contributed by atoms with E-state index in [1.54, 1.807) is 32.2 Å². The molecule has 0 saturated heterocycles. The number of hydrogen-bond acceptors (Lipinski definition) is 5. The highest BCUT2D eigenvalue weighted by molar-refractivity contribution is 6.30. The molecule has 3 aromatic rings. The number of nitrogens with one attached hydrogen (secondary N) is 1. The van der Waals surface area contributed by atoms with Crippen molar-refractivity contribution >= 4 is 23.5 Å². The van der Waals surface area contributed by atoms with Crippen LogP contribution in [0.15, 0.2) is 40.9 Å². The van der Waals surface area contributed by atoms with Gasteiger partial charge in [0, 0.05) is 17.6 Å². The minimum Gasteiger partial charge on any atom is -0.465 e. The molecule has 1 aromatic carbocycles. The van der Waals surface area contributed by atoms with Gasteiger partial charge in [0.25, 0.3) is 5.91 Å². The Labute approximate surface area is 160 Å². The van der Waals surface area contributed by atoms with Crippen molar-refractivity contribution in [1.82, 2.24) is 15.1 Å². The van der Waals surface area contributed by atoms with Crippen molar-refractivity contribution in [2.24, 2.45) is 0 Å². The van der Waals surface area contributed by atoms with E-state index in [4.69, 9.17) is 20.8 Å². The molecule has 0 spiro atoms. The second kappa shape index (κ2) is 7.67. The van der Waals surface area contributed by atoms with Crippen LogP contribution in [-0.2, 0) is 11.3 Å². The molecule has 1 amide bonds. The van der Waals surface area contributed by atoms with Crippen LogP contribution in [-0.4, -0.2) is 41.1 Å². The molecule has 0 fully saturated rings. The average molecular weight is 388 g/mol. The van der Waals surface area contributed by atoms with Crippen LogP contribution >= 0.6 is 11.6 Å². The molecule has 3 rings (SSSR count). The molecule has 0 atom stereocenters. The third-order valence-electron chi connectivity index (χ3n) is 4.12. The second-order valence-corrected chi connectivity index (χ2v) is 6.44. The Balaban J connectivity index is 1.80. The lowest BCUT2D eigenvalue weighted by molar-refractivity contribution is 0.0598. The van der Waals surface area contributed by atoms with Gasteiger partial charge in [-0.15, -0.1) is 0 Å². The van der Waals surface area contributed by atoms with Crippen LogP contribution in [0.25, 0.3) is 11.3 Å². The number of carbonyl (C=O) groups is 2. The number of carbonyl (C=O) groups excluding carboxylic acids is 2. The summed E-state index contributed by atoms with van der Waals surface area (Å²) >= 11 is 5.92. The molecule has 2 aromatic heterocycles. The first-order chi connectivity index (χ1) is 12.9. The molecule has 1 N–H and O–H groups in total. The summed E-state index contributed by atoms with van der Waals surface area (Å²) in [7, 11) is 2.96. The number of hydrogen-bond donors (Lipinski definition) is 1. The Hall–Kier alpha value is -3.06. The minimum absolute atomic E-state index is 0.196. The number of aryl methyl sites for hydroxylation is 1. The highest BCUT2D eigenvalue weighted by Crippen LogP contribution is 2.24. The summed E-state index contributed by atoms with van der Waals surface area (Å²) in [5, 5.41) is 7.45. The quantitative estimate of drug-likeness (QED) is 0.674. The Morgan fingerprint density at radius 2 is 1.96 bits per heavy atom. The van der Waals surface area contributed by atoms with Crippen molar-refractivity contribution < 1.29 is 18.7 Å². The first-order valence-corrected chi connectivity index (χ1v) is 8.51. The standard InChI is InChI=1S/C19H18ClN3O4/c1-11-15(19(25)26-3)8-14(27-11)10-23(2)18(24)16-9-21-22-17(16)12-4-6-13(20)7-5-12/h4-9H,10H2,1-3H3,(H,21,22). The maximum absolute atomic E-state index is 12.9. The van der Waals surface area contributed by atoms with Gasteiger partial charge < -0.3 is 14.1 Å². The van der Waals surface area contributed by atoms with Crippen LogP contribution in [0.5, 0.6) is 0 Å². The number of rotatable bonds is 5. The van der Waals surface area contributed by atoms with Gasteiger partial charge in [0.1, 0.15) is 17.1 Å². The highest BCUT2D eigenvalue weighted by atomic mass is 35.5. The molecular formula is C19H18ClN3O4. The van der Waals surface area contributed by atoms with Gasteiger partial charge in [-0.25, -0.2) is 4.79 Å². The smallest absolute Gasteiger partial charge is 0.341 e. The molecule has 0 aliphatic carbocycles. The summed E-state index contributed by atoms with van der Waals surface area (Å²) in [5.41, 5.74) is 2.18. The summed E-state index contributed by atoms with van der Waals surface area (Å²) in [4.78, 5) is 26.0. The SMILES string of the molecule is COC(=O)c1cc(CN(C)C(=O)c2cn[nH]c2-c2ccc(Cl)cc2)oc1C. The van der Waals surface area contributed by atoms with Gasteiger partial charge in [-0.2, -0.15) is 5.10 Å². The third-order valence-corrected chi connectivity index (χ3v) is 4.37. The van der Waals surface area contributed by atoms with Crippen LogP contribution in [0.4, 0.5) is 0 Å². The fraction of sp³-hybridized carbons (Fsp3) is 0.211. The van der Waals surface area contributed by atoms with Crippen molar-refractivity contribution in [3.63, 3.8) is 0 Å². The Morgan fingerprint density at radius 3 is 2.63 bits per heavy atom. The number of H-pyrrole nitrogens is 1. The zero-order chi connectivity index (χ0) is 19.6. The van der Waals surface area contributed by atoms with E-state index in [9.17, 15) is 9.59 Å². The van der Waals surface area contributed by atoms with E-state index < -0.39 is 5.97 Å². The van der Waals surface area contributed by atoms with Crippen molar-refractivity contribution in [3.05, 3.63) is 64.2 Å². The van der Waals surface area contributed by atoms with Crippen molar-refractivity contribution in [2.75, 3.05) is 14.2 Å². The van der Waals surface area contributed by atoms with E-state index in [0.29, 0.717) is 33.4 Å². The predicted octanol–water partition coefficient (Wildman–Crippen LogP) is 3.69. The number of aromatic nitrogens is 2. The summed E-state index contributed by atoms with van der Waals surface area (Å²) in [6.45, 7) is 1.87. The molecule has 140 valence electrons. The van der Waals surface area contributed by atoms with Gasteiger partial charge in [-0.05, 0) is 25.1 Å². The van der Waals surface area contributed by atoms with E-state index >= 15 is 0 Å². The van der Waals surface area contributed by atoms with Crippen LogP contribution in [0.2, 0.25) is 5.02 Å². The van der Waals surface area contributed by atoms with Gasteiger partial charge in [-0.1, -0.05) is 23.7 Å². The Kier molecular flexibility index (Phi) is 5.32. The van der Waals surface area contributed by atoms with Crippen LogP contribution < -0.4 is 0 Å². The molecule has 0 unspecified atom stereocenters. The summed E-state index contributed by atoms with van der Waals surface area (Å²) in [6, 6.07) is 8.70. The molecular weight excluding hydrogens is 370 g/mol. The van der Waals surface area contributed by atoms with Gasteiger partial charge in [0.15, 0.2) is 0 Å². The lowest BCUT2D eigenvalue weighted by Crippen LogP contribution is -2.26. The molecule has 0 aliphatic rings. The van der Waals surface area contributed by atoms with Crippen LogP contribution in [0, 0.1) is 6.92 Å². The van der Waals surface area contributed by atoms with Gasteiger partial charge in [0.2, 0.25) is 0 Å². The third kappa shape index (κ3) is 3.88. The largest absolute Gasteiger partial charge is 0.465 e. The topological polar surface area (TPSA) is 88.4 Å². The molecule has 8 heteroatoms. The fourth-order valence-corrected chi connectivity index (χ4v) is 2.86.